The minimum Gasteiger partial charge on any atom is -0.477 e. The second kappa shape index (κ2) is 6.13. The number of benzene rings is 1. The predicted molar refractivity (Wildman–Crippen MR) is 83.5 cm³/mol. The molecule has 1 aromatic carbocycles. The number of rotatable bonds is 5. The monoisotopic (exact) mass is 387 g/mol. The van der Waals surface area contributed by atoms with E-state index < -0.39 is 67.8 Å². The zero-order chi connectivity index (χ0) is 19.4. The lowest BCUT2D eigenvalue weighted by Gasteiger charge is -2.44. The molecule has 3 atom stereocenters. The zero-order valence-electron chi connectivity index (χ0n) is 13.5. The Bertz CT molecular complexity index is 940. The molecule has 0 aromatic heterocycles. The molecular weight excluding hydrogens is 372 g/mol. The largest absolute Gasteiger partial charge is 0.477 e. The molecule has 0 unspecified atom stereocenters. The average Bonchev–Trinajstić information content (AvgIpc) is 2.80. The first-order valence-corrected chi connectivity index (χ1v) is 9.34. The average molecular weight is 387 g/mol. The number of carboxylic acids is 1. The van der Waals surface area contributed by atoms with Gasteiger partial charge in [-0.2, -0.15) is 0 Å². The van der Waals surface area contributed by atoms with E-state index >= 15 is 0 Å². The van der Waals surface area contributed by atoms with Crippen LogP contribution in [-0.2, 0) is 19.4 Å². The number of carbonyl (C=O) groups excluding carboxylic acids is 1. The lowest BCUT2D eigenvalue weighted by molar-refractivity contribution is -0.161. The maximum absolute atomic E-state index is 13.8. The van der Waals surface area contributed by atoms with Gasteiger partial charge in [-0.05, 0) is 31.1 Å². The summed E-state index contributed by atoms with van der Waals surface area (Å²) in [5.41, 5.74) is -0.509. The molecule has 2 aliphatic heterocycles. The second-order valence-electron chi connectivity index (χ2n) is 6.34. The van der Waals surface area contributed by atoms with Crippen molar-refractivity contribution in [3.8, 4) is 0 Å². The van der Waals surface area contributed by atoms with Crippen LogP contribution in [0.3, 0.4) is 0 Å². The number of β-lactam (4-membered cyclic amide) rings is 1. The van der Waals surface area contributed by atoms with E-state index in [4.69, 9.17) is 0 Å². The van der Waals surface area contributed by atoms with E-state index in [1.54, 1.807) is 0 Å². The van der Waals surface area contributed by atoms with Crippen LogP contribution in [0.1, 0.15) is 13.3 Å². The van der Waals surface area contributed by atoms with E-state index in [1.165, 1.54) is 6.92 Å². The molecule has 0 saturated carbocycles. The molecular formula is C16H15F2NO6S. The third-order valence-corrected chi connectivity index (χ3v) is 6.35. The quantitative estimate of drug-likeness (QED) is 0.568. The molecule has 3 rings (SSSR count). The molecule has 0 radical (unpaired) electrons. The smallest absolute Gasteiger partial charge is 0.352 e. The topological polar surface area (TPSA) is 112 Å². The predicted octanol–water partition coefficient (Wildman–Crippen LogP) is 0.689. The fraction of sp³-hybridized carbons (Fsp3) is 0.375. The fourth-order valence-corrected chi connectivity index (χ4v) is 5.03. The molecule has 10 heteroatoms. The van der Waals surface area contributed by atoms with E-state index in [-0.39, 0.29) is 12.0 Å². The molecule has 7 nitrogen and oxygen atoms in total. The number of sulfone groups is 1. The highest BCUT2D eigenvalue weighted by molar-refractivity contribution is 7.91. The molecule has 2 heterocycles. The maximum atomic E-state index is 13.8. The van der Waals surface area contributed by atoms with Crippen molar-refractivity contribution in [2.45, 2.75) is 30.4 Å². The van der Waals surface area contributed by atoms with Crippen molar-refractivity contribution < 1.29 is 37.0 Å². The molecule has 1 saturated heterocycles. The minimum atomic E-state index is -4.30. The van der Waals surface area contributed by atoms with Crippen LogP contribution in [0.25, 0.3) is 0 Å². The van der Waals surface area contributed by atoms with Crippen molar-refractivity contribution in [3.05, 3.63) is 41.1 Å². The van der Waals surface area contributed by atoms with Crippen molar-refractivity contribution in [2.24, 2.45) is 5.92 Å². The van der Waals surface area contributed by atoms with Gasteiger partial charge in [0.15, 0.2) is 9.84 Å². The molecule has 140 valence electrons. The number of carbonyl (C=O) groups is 2. The molecule has 0 spiro atoms. The maximum Gasteiger partial charge on any atom is 0.352 e. The summed E-state index contributed by atoms with van der Waals surface area (Å²) in [5.74, 6) is -5.92. The standard InChI is InChI=1S/C16H15F2NO6S/c1-7(20)13-11-4-8(14(16(22)23)19(11)15(13)21)6-26(24,25)12-3-2-9(17)5-10(12)18/h2-3,5,7,11,13,20H,4,6H2,1H3,(H,22,23)/t7-,11+,13+/m1/s1. The van der Waals surface area contributed by atoms with Crippen molar-refractivity contribution in [1.29, 1.82) is 0 Å². The number of hydrogen-bond donors (Lipinski definition) is 2. The van der Waals surface area contributed by atoms with Gasteiger partial charge in [0.1, 0.15) is 22.2 Å². The van der Waals surface area contributed by atoms with Crippen molar-refractivity contribution in [3.63, 3.8) is 0 Å². The van der Waals surface area contributed by atoms with Crippen LogP contribution in [-0.4, -0.2) is 53.3 Å². The molecule has 0 bridgehead atoms. The number of halogens is 2. The Balaban J connectivity index is 1.96. The summed E-state index contributed by atoms with van der Waals surface area (Å²) in [4.78, 5) is 23.8. The molecule has 0 aliphatic carbocycles. The van der Waals surface area contributed by atoms with Gasteiger partial charge in [-0.3, -0.25) is 4.79 Å². The van der Waals surface area contributed by atoms with Crippen LogP contribution in [0, 0.1) is 17.6 Å². The van der Waals surface area contributed by atoms with Crippen molar-refractivity contribution in [2.75, 3.05) is 5.75 Å². The highest BCUT2D eigenvalue weighted by atomic mass is 32.2. The Kier molecular flexibility index (Phi) is 4.35. The number of aliphatic hydroxyl groups is 1. The highest BCUT2D eigenvalue weighted by Crippen LogP contribution is 2.44. The lowest BCUT2D eigenvalue weighted by Crippen LogP contribution is -2.61. The first-order valence-electron chi connectivity index (χ1n) is 7.69. The van der Waals surface area contributed by atoms with Crippen LogP contribution in [0.15, 0.2) is 34.4 Å². The first-order chi connectivity index (χ1) is 12.0. The Labute approximate surface area is 147 Å². The van der Waals surface area contributed by atoms with Gasteiger partial charge in [-0.25, -0.2) is 22.0 Å². The van der Waals surface area contributed by atoms with Gasteiger partial charge in [-0.1, -0.05) is 0 Å². The number of carboxylic acid groups (broad SMARTS) is 1. The Morgan fingerprint density at radius 1 is 1.38 bits per heavy atom. The SMILES string of the molecule is C[C@@H](O)[C@@H]1C(=O)N2C(C(=O)O)=C(CS(=O)(=O)c3ccc(F)cc3F)C[C@@H]12. The van der Waals surface area contributed by atoms with E-state index in [0.717, 1.165) is 17.0 Å². The van der Waals surface area contributed by atoms with Gasteiger partial charge in [0, 0.05) is 6.07 Å². The Hall–Kier alpha value is -2.33. The van der Waals surface area contributed by atoms with Crippen LogP contribution >= 0.6 is 0 Å². The summed E-state index contributed by atoms with van der Waals surface area (Å²) in [6, 6.07) is 1.34. The minimum absolute atomic E-state index is 0.0506. The summed E-state index contributed by atoms with van der Waals surface area (Å²) in [5, 5.41) is 19.0. The van der Waals surface area contributed by atoms with E-state index in [0.29, 0.717) is 6.07 Å². The van der Waals surface area contributed by atoms with Crippen molar-refractivity contribution >= 4 is 21.7 Å². The van der Waals surface area contributed by atoms with Crippen LogP contribution < -0.4 is 0 Å². The number of aliphatic hydroxyl groups excluding tert-OH is 1. The van der Waals surface area contributed by atoms with E-state index in [1.807, 2.05) is 0 Å². The summed E-state index contributed by atoms with van der Waals surface area (Å²) in [7, 11) is -4.30. The van der Waals surface area contributed by atoms with Gasteiger partial charge >= 0.3 is 5.97 Å². The molecule has 1 fully saturated rings. The molecule has 1 aromatic rings. The van der Waals surface area contributed by atoms with E-state index in [9.17, 15) is 37.0 Å². The molecule has 26 heavy (non-hydrogen) atoms. The van der Waals surface area contributed by atoms with E-state index in [2.05, 4.69) is 0 Å². The Morgan fingerprint density at radius 2 is 2.04 bits per heavy atom. The van der Waals surface area contributed by atoms with Gasteiger partial charge in [-0.15, -0.1) is 0 Å². The Morgan fingerprint density at radius 3 is 2.58 bits per heavy atom. The van der Waals surface area contributed by atoms with Gasteiger partial charge < -0.3 is 15.1 Å². The lowest BCUT2D eigenvalue weighted by atomic mass is 9.83. The second-order valence-corrected chi connectivity index (χ2v) is 8.30. The molecule has 2 N–H and O–H groups in total. The van der Waals surface area contributed by atoms with Crippen LogP contribution in [0.4, 0.5) is 8.78 Å². The third-order valence-electron chi connectivity index (χ3n) is 4.62. The van der Waals surface area contributed by atoms with Crippen molar-refractivity contribution in [1.82, 2.24) is 4.90 Å². The summed E-state index contributed by atoms with van der Waals surface area (Å²) in [6.07, 6.45) is -1.06. The van der Waals surface area contributed by atoms with Crippen LogP contribution in [0.5, 0.6) is 0 Å². The summed E-state index contributed by atoms with van der Waals surface area (Å²) >= 11 is 0. The number of fused-ring (bicyclic) bond motifs is 1. The van der Waals surface area contributed by atoms with Gasteiger partial charge in [0.2, 0.25) is 5.91 Å². The normalized spacial score (nSPS) is 23.7. The number of aliphatic carboxylic acids is 1. The third kappa shape index (κ3) is 2.78. The highest BCUT2D eigenvalue weighted by Gasteiger charge is 2.56. The summed E-state index contributed by atoms with van der Waals surface area (Å²) in [6.45, 7) is 1.39. The number of amides is 1. The van der Waals surface area contributed by atoms with Gasteiger partial charge in [0.25, 0.3) is 0 Å². The number of hydrogen-bond acceptors (Lipinski definition) is 5. The summed E-state index contributed by atoms with van der Waals surface area (Å²) < 4.78 is 51.8. The van der Waals surface area contributed by atoms with Gasteiger partial charge in [0.05, 0.1) is 23.8 Å². The number of nitrogens with zero attached hydrogens (tertiary/aromatic N) is 1. The van der Waals surface area contributed by atoms with Crippen LogP contribution in [0.2, 0.25) is 0 Å². The first kappa shape index (κ1) is 18.5. The molecule has 1 amide bonds. The fourth-order valence-electron chi connectivity index (χ4n) is 3.52. The molecule has 2 aliphatic rings. The zero-order valence-corrected chi connectivity index (χ0v) is 14.3.